The van der Waals surface area contributed by atoms with Gasteiger partial charge in [-0.2, -0.15) is 10.4 Å². The molecule has 3 N–H and O–H groups in total. The molecule has 0 aliphatic rings. The van der Waals surface area contributed by atoms with E-state index >= 15 is 0 Å². The van der Waals surface area contributed by atoms with Crippen LogP contribution in [-0.2, 0) is 6.42 Å². The minimum Gasteiger partial charge on any atom is -0.315 e. The molecular weight excluding hydrogens is 164 g/mol. The van der Waals surface area contributed by atoms with Gasteiger partial charge in [-0.3, -0.25) is 5.10 Å². The lowest BCUT2D eigenvalue weighted by atomic mass is 10.2. The second kappa shape index (κ2) is 3.37. The number of aromatic amines is 1. The third-order valence-electron chi connectivity index (χ3n) is 1.24. The molecule has 0 radical (unpaired) electrons. The summed E-state index contributed by atoms with van der Waals surface area (Å²) >= 11 is 5.52. The molecular formula is C6H7ClN4. The van der Waals surface area contributed by atoms with Gasteiger partial charge in [0.05, 0.1) is 23.0 Å². The van der Waals surface area contributed by atoms with Gasteiger partial charge in [0.1, 0.15) is 6.07 Å². The molecule has 1 aromatic heterocycles. The Balaban J connectivity index is 2.79. The van der Waals surface area contributed by atoms with Crippen molar-refractivity contribution < 1.29 is 0 Å². The zero-order valence-corrected chi connectivity index (χ0v) is 6.47. The van der Waals surface area contributed by atoms with Crippen molar-refractivity contribution in [1.82, 2.24) is 10.2 Å². The van der Waals surface area contributed by atoms with Crippen LogP contribution in [0.3, 0.4) is 0 Å². The minimum absolute atomic E-state index is 0.435. The number of aromatic nitrogens is 2. The highest BCUT2D eigenvalue weighted by Gasteiger charge is 2.06. The number of hydrogen-bond acceptors (Lipinski definition) is 3. The Kier molecular flexibility index (Phi) is 2.47. The van der Waals surface area contributed by atoms with Gasteiger partial charge < -0.3 is 5.73 Å². The Hall–Kier alpha value is -1.05. The monoisotopic (exact) mass is 170 g/mol. The number of nitriles is 1. The number of halogens is 1. The molecule has 5 heteroatoms. The molecule has 58 valence electrons. The van der Waals surface area contributed by atoms with Gasteiger partial charge in [-0.1, -0.05) is 0 Å². The summed E-state index contributed by atoms with van der Waals surface area (Å²) in [6.07, 6.45) is 1.89. The predicted octanol–water partition coefficient (Wildman–Crippen LogP) is 0.347. The van der Waals surface area contributed by atoms with E-state index in [1.165, 1.54) is 6.20 Å². The molecule has 0 amide bonds. The Morgan fingerprint density at radius 1 is 1.91 bits per heavy atom. The zero-order chi connectivity index (χ0) is 8.27. The van der Waals surface area contributed by atoms with Gasteiger partial charge >= 0.3 is 0 Å². The first-order chi connectivity index (χ1) is 5.24. The van der Waals surface area contributed by atoms with Gasteiger partial charge in [-0.05, 0) is 0 Å². The summed E-state index contributed by atoms with van der Waals surface area (Å²) in [7, 11) is 0. The Bertz CT molecular complexity index is 272. The van der Waals surface area contributed by atoms with Crippen molar-refractivity contribution in [2.24, 2.45) is 5.73 Å². The van der Waals surface area contributed by atoms with Crippen molar-refractivity contribution in [1.29, 1.82) is 5.26 Å². The van der Waals surface area contributed by atoms with Crippen LogP contribution in [-0.4, -0.2) is 15.7 Å². The van der Waals surface area contributed by atoms with Crippen LogP contribution >= 0.6 is 11.6 Å². The second-order valence-electron chi connectivity index (χ2n) is 2.09. The highest BCUT2D eigenvalue weighted by molar-refractivity contribution is 6.20. The molecule has 0 saturated carbocycles. The van der Waals surface area contributed by atoms with Gasteiger partial charge in [0.2, 0.25) is 0 Å². The third kappa shape index (κ3) is 1.93. The quantitative estimate of drug-likeness (QED) is 0.497. The lowest BCUT2D eigenvalue weighted by Gasteiger charge is -1.98. The van der Waals surface area contributed by atoms with Crippen LogP contribution in [0.2, 0.25) is 0 Å². The lowest BCUT2D eigenvalue weighted by Crippen LogP contribution is -2.15. The third-order valence-corrected chi connectivity index (χ3v) is 1.39. The maximum atomic E-state index is 8.53. The summed E-state index contributed by atoms with van der Waals surface area (Å²) in [5, 5.41) is 14.9. The van der Waals surface area contributed by atoms with E-state index in [0.29, 0.717) is 17.7 Å². The number of alkyl halides is 1. The van der Waals surface area contributed by atoms with Crippen LogP contribution in [0.15, 0.2) is 6.20 Å². The molecule has 0 fully saturated rings. The summed E-state index contributed by atoms with van der Waals surface area (Å²) < 4.78 is 0. The fourth-order valence-electron chi connectivity index (χ4n) is 0.760. The van der Waals surface area contributed by atoms with Crippen LogP contribution < -0.4 is 5.73 Å². The van der Waals surface area contributed by atoms with E-state index in [9.17, 15) is 0 Å². The smallest absolute Gasteiger partial charge is 0.103 e. The average molecular weight is 171 g/mol. The summed E-state index contributed by atoms with van der Waals surface area (Å²) in [4.78, 5) is 0. The topological polar surface area (TPSA) is 78.5 Å². The zero-order valence-electron chi connectivity index (χ0n) is 5.71. The van der Waals surface area contributed by atoms with Crippen molar-refractivity contribution in [2.75, 3.05) is 0 Å². The van der Waals surface area contributed by atoms with E-state index in [-0.39, 0.29) is 0 Å². The first-order valence-corrected chi connectivity index (χ1v) is 3.49. The Morgan fingerprint density at radius 3 is 3.18 bits per heavy atom. The predicted molar refractivity (Wildman–Crippen MR) is 40.8 cm³/mol. The summed E-state index contributed by atoms with van der Waals surface area (Å²) in [5.41, 5.74) is 6.04. The van der Waals surface area contributed by atoms with Crippen molar-refractivity contribution >= 4 is 11.6 Å². The summed E-state index contributed by atoms with van der Waals surface area (Å²) in [6.45, 7) is 0. The molecule has 0 aliphatic heterocycles. The number of rotatable bonds is 2. The highest BCUT2D eigenvalue weighted by Crippen LogP contribution is 2.06. The van der Waals surface area contributed by atoms with E-state index in [4.69, 9.17) is 22.6 Å². The first-order valence-electron chi connectivity index (χ1n) is 3.06. The van der Waals surface area contributed by atoms with Crippen LogP contribution in [0.1, 0.15) is 11.3 Å². The van der Waals surface area contributed by atoms with Gasteiger partial charge in [0.15, 0.2) is 0 Å². The molecule has 0 spiro atoms. The maximum Gasteiger partial charge on any atom is 0.103 e. The Labute approximate surface area is 69.0 Å². The molecule has 0 aliphatic carbocycles. The number of nitrogens with zero attached hydrogens (tertiary/aromatic N) is 2. The average Bonchev–Trinajstić information content (AvgIpc) is 2.34. The van der Waals surface area contributed by atoms with Crippen LogP contribution in [0.4, 0.5) is 0 Å². The molecule has 0 saturated heterocycles. The normalized spacial score (nSPS) is 12.5. The van der Waals surface area contributed by atoms with E-state index in [1.54, 1.807) is 0 Å². The Morgan fingerprint density at radius 2 is 2.64 bits per heavy atom. The van der Waals surface area contributed by atoms with Gasteiger partial charge in [0, 0.05) is 6.42 Å². The molecule has 11 heavy (non-hydrogen) atoms. The summed E-state index contributed by atoms with van der Waals surface area (Å²) in [5.74, 6) is 0. The second-order valence-corrected chi connectivity index (χ2v) is 2.65. The van der Waals surface area contributed by atoms with Crippen molar-refractivity contribution in [3.8, 4) is 6.07 Å². The fraction of sp³-hybridized carbons (Fsp3) is 0.333. The van der Waals surface area contributed by atoms with Gasteiger partial charge in [-0.15, -0.1) is 11.6 Å². The lowest BCUT2D eigenvalue weighted by molar-refractivity contribution is 0.844. The van der Waals surface area contributed by atoms with E-state index in [1.807, 2.05) is 6.07 Å². The molecule has 1 unspecified atom stereocenters. The van der Waals surface area contributed by atoms with Crippen LogP contribution in [0.5, 0.6) is 0 Å². The molecule has 0 bridgehead atoms. The van der Waals surface area contributed by atoms with Crippen LogP contribution in [0, 0.1) is 11.3 Å². The number of hydrogen-bond donors (Lipinski definition) is 2. The number of nitrogens with two attached hydrogens (primary N) is 1. The van der Waals surface area contributed by atoms with E-state index in [2.05, 4.69) is 10.2 Å². The maximum absolute atomic E-state index is 8.53. The van der Waals surface area contributed by atoms with Gasteiger partial charge in [-0.25, -0.2) is 0 Å². The molecule has 0 aromatic carbocycles. The molecule has 4 nitrogen and oxygen atoms in total. The minimum atomic E-state index is -0.470. The largest absolute Gasteiger partial charge is 0.315 e. The standard InChI is InChI=1S/C6H7ClN4/c7-6(9)1-5-4(2-8)3-10-11-5/h3,6H,1,9H2,(H,10,11). The van der Waals surface area contributed by atoms with Crippen LogP contribution in [0.25, 0.3) is 0 Å². The molecule has 1 heterocycles. The van der Waals surface area contributed by atoms with Crippen molar-refractivity contribution in [2.45, 2.75) is 11.9 Å². The first kappa shape index (κ1) is 8.05. The number of H-pyrrole nitrogens is 1. The van der Waals surface area contributed by atoms with Crippen molar-refractivity contribution in [3.63, 3.8) is 0 Å². The van der Waals surface area contributed by atoms with Gasteiger partial charge in [0.25, 0.3) is 0 Å². The fourth-order valence-corrected chi connectivity index (χ4v) is 0.914. The summed E-state index contributed by atoms with van der Waals surface area (Å²) in [6, 6.07) is 1.97. The molecule has 1 aromatic rings. The SMILES string of the molecule is N#Cc1cn[nH]c1CC(N)Cl. The number of nitrogens with one attached hydrogen (secondary N) is 1. The molecule has 1 rings (SSSR count). The van der Waals surface area contributed by atoms with Crippen molar-refractivity contribution in [3.05, 3.63) is 17.5 Å². The van der Waals surface area contributed by atoms with E-state index < -0.39 is 5.50 Å². The highest BCUT2D eigenvalue weighted by atomic mass is 35.5. The van der Waals surface area contributed by atoms with E-state index in [0.717, 1.165) is 0 Å². The molecule has 1 atom stereocenters.